The number of benzene rings is 3. The Morgan fingerprint density at radius 1 is 0.821 bits per heavy atom. The normalized spacial score (nSPS) is 19.5. The van der Waals surface area contributed by atoms with Gasteiger partial charge in [0.05, 0.1) is 64.0 Å². The minimum atomic E-state index is -2.04. The molecule has 4 unspecified atom stereocenters. The summed E-state index contributed by atoms with van der Waals surface area (Å²) in [5.41, 5.74) is 0.757. The summed E-state index contributed by atoms with van der Waals surface area (Å²) >= 11 is 18.8. The molecule has 1 aliphatic carbocycles. The van der Waals surface area contributed by atoms with Gasteiger partial charge in [-0.2, -0.15) is 4.39 Å². The Balaban J connectivity index is 1.31. The topological polar surface area (TPSA) is 169 Å². The van der Waals surface area contributed by atoms with Crippen molar-refractivity contribution in [1.82, 2.24) is 20.1 Å². The predicted molar refractivity (Wildman–Crippen MR) is 236 cm³/mol. The van der Waals surface area contributed by atoms with Crippen molar-refractivity contribution in [1.29, 1.82) is 0 Å². The van der Waals surface area contributed by atoms with E-state index in [4.69, 9.17) is 73.6 Å². The molecule has 22 heteroatoms. The summed E-state index contributed by atoms with van der Waals surface area (Å²) < 4.78 is 73.1. The fraction of sp³-hybridized carbons (Fsp3) is 0.533. The van der Waals surface area contributed by atoms with Crippen LogP contribution in [-0.4, -0.2) is 136 Å². The summed E-state index contributed by atoms with van der Waals surface area (Å²) in [7, 11) is 3.06. The monoisotopic (exact) mass is 1000 g/mol. The van der Waals surface area contributed by atoms with Crippen molar-refractivity contribution >= 4 is 52.9 Å². The SMILES string of the molecule is COc1cc(CN(C(=O)C2C(c3ccc(CCCOc4c(F)ccc(F)c4F)cc3)CC3CN(C(=O)OCCOCCON(O)O)CC2N3C(=O)OC(C)(C)C(Cl)(Cl)Cl)C2CC2)cc(OC)c1. The molecule has 3 amide bonds. The fourth-order valence-electron chi connectivity index (χ4n) is 8.33. The van der Waals surface area contributed by atoms with Gasteiger partial charge in [-0.1, -0.05) is 59.1 Å². The molecule has 16 nitrogen and oxygen atoms in total. The van der Waals surface area contributed by atoms with Gasteiger partial charge in [0.2, 0.25) is 15.5 Å². The first kappa shape index (κ1) is 51.9. The van der Waals surface area contributed by atoms with Crippen LogP contribution in [0.5, 0.6) is 17.2 Å². The Kier molecular flexibility index (Phi) is 17.6. The second-order valence-electron chi connectivity index (χ2n) is 16.9. The highest BCUT2D eigenvalue weighted by atomic mass is 35.6. The summed E-state index contributed by atoms with van der Waals surface area (Å²) in [5.74, 6) is -5.08. The standard InChI is InChI=1S/C45H54Cl3F3N4O12/c1-44(2,45(46,47)48)67-43(58)54-31-22-34(29-9-7-27(8-10-29)6-5-15-64-40-36(50)14-13-35(49)39(40)51)38(37(54)26-52(25-31)42(57)65-18-16-63-17-19-66-55(59)60)41(56)53(30-11-12-30)24-28-20-32(61-3)23-33(21-28)62-4/h7-10,13-14,20-21,23,30-31,34,37-38,59-60H,5-6,11-12,15-19,22,24-26H2,1-4H3. The van der Waals surface area contributed by atoms with Gasteiger partial charge in [0.15, 0.2) is 23.0 Å². The first-order valence-corrected chi connectivity index (χ1v) is 22.7. The smallest absolute Gasteiger partial charge is 0.411 e. The van der Waals surface area contributed by atoms with Crippen LogP contribution >= 0.6 is 34.8 Å². The number of alkyl halides is 3. The van der Waals surface area contributed by atoms with Crippen molar-refractivity contribution in [2.45, 2.75) is 85.9 Å². The van der Waals surface area contributed by atoms with Crippen molar-refractivity contribution in [2.24, 2.45) is 5.92 Å². The zero-order chi connectivity index (χ0) is 48.6. The Labute approximate surface area is 401 Å². The molecule has 0 spiro atoms. The van der Waals surface area contributed by atoms with Crippen molar-refractivity contribution in [3.63, 3.8) is 0 Å². The number of piperidine rings is 1. The zero-order valence-electron chi connectivity index (χ0n) is 37.3. The number of likely N-dealkylation sites (tertiary alicyclic amines) is 1. The third-order valence-corrected chi connectivity index (χ3v) is 13.3. The molecule has 3 aliphatic rings. The average molecular weight is 1010 g/mol. The van der Waals surface area contributed by atoms with Gasteiger partial charge in [0, 0.05) is 31.7 Å². The summed E-state index contributed by atoms with van der Waals surface area (Å²) in [4.78, 5) is 53.0. The van der Waals surface area contributed by atoms with Crippen molar-refractivity contribution < 1.29 is 71.2 Å². The summed E-state index contributed by atoms with van der Waals surface area (Å²) in [5, 5.41) is 17.0. The molecular weight excluding hydrogens is 952 g/mol. The van der Waals surface area contributed by atoms with Gasteiger partial charge in [-0.3, -0.25) is 20.1 Å². The van der Waals surface area contributed by atoms with E-state index in [0.29, 0.717) is 30.4 Å². The Bertz CT molecular complexity index is 2160. The Hall–Kier alpha value is -4.47. The van der Waals surface area contributed by atoms with Crippen molar-refractivity contribution in [3.8, 4) is 17.2 Å². The van der Waals surface area contributed by atoms with E-state index < -0.39 is 74.1 Å². The van der Waals surface area contributed by atoms with Gasteiger partial charge in [0.25, 0.3) is 0 Å². The van der Waals surface area contributed by atoms with Crippen LogP contribution in [0.1, 0.15) is 62.1 Å². The van der Waals surface area contributed by atoms with E-state index in [9.17, 15) is 22.8 Å². The number of hydrogen-bond acceptors (Lipinski definition) is 13. The van der Waals surface area contributed by atoms with E-state index in [1.165, 1.54) is 37.9 Å². The van der Waals surface area contributed by atoms with E-state index in [1.807, 2.05) is 36.4 Å². The molecule has 3 fully saturated rings. The molecule has 2 saturated heterocycles. The van der Waals surface area contributed by atoms with Crippen LogP contribution in [0.25, 0.3) is 0 Å². The van der Waals surface area contributed by atoms with Crippen molar-refractivity contribution in [3.05, 3.63) is 88.7 Å². The number of piperazine rings is 1. The first-order chi connectivity index (χ1) is 31.8. The molecular formula is C45H54Cl3F3N4O12. The molecule has 368 valence electrons. The fourth-order valence-corrected chi connectivity index (χ4v) is 8.44. The number of hydrogen-bond donors (Lipinski definition) is 2. The lowest BCUT2D eigenvalue weighted by atomic mass is 9.70. The molecule has 6 rings (SSSR count). The number of rotatable bonds is 20. The molecule has 0 radical (unpaired) electrons. The number of aryl methyl sites for hydroxylation is 1. The van der Waals surface area contributed by atoms with Crippen LogP contribution in [0, 0.1) is 23.4 Å². The second kappa shape index (κ2) is 22.8. The lowest BCUT2D eigenvalue weighted by molar-refractivity contribution is -0.493. The van der Waals surface area contributed by atoms with Crippen LogP contribution in [-0.2, 0) is 36.8 Å². The lowest BCUT2D eigenvalue weighted by Crippen LogP contribution is -2.70. The van der Waals surface area contributed by atoms with Gasteiger partial charge in [0.1, 0.15) is 18.1 Å². The molecule has 0 aromatic heterocycles. The quantitative estimate of drug-likeness (QED) is 0.0481. The second-order valence-corrected chi connectivity index (χ2v) is 19.2. The predicted octanol–water partition coefficient (Wildman–Crippen LogP) is 8.23. The van der Waals surface area contributed by atoms with Crippen LogP contribution in [0.3, 0.4) is 0 Å². The molecule has 3 aromatic carbocycles. The van der Waals surface area contributed by atoms with Gasteiger partial charge in [-0.05, 0) is 92.8 Å². The molecule has 4 atom stereocenters. The third kappa shape index (κ3) is 13.2. The number of amides is 3. The maximum Gasteiger partial charge on any atom is 0.411 e. The number of ether oxygens (including phenoxy) is 6. The van der Waals surface area contributed by atoms with Crippen LogP contribution in [0.15, 0.2) is 54.6 Å². The van der Waals surface area contributed by atoms with E-state index in [2.05, 4.69) is 4.84 Å². The zero-order valence-corrected chi connectivity index (χ0v) is 39.6. The molecule has 2 aliphatic heterocycles. The molecule has 2 bridgehead atoms. The maximum absolute atomic E-state index is 15.6. The van der Waals surface area contributed by atoms with Crippen molar-refractivity contribution in [2.75, 3.05) is 60.3 Å². The van der Waals surface area contributed by atoms with Crippen LogP contribution in [0.4, 0.5) is 22.8 Å². The Morgan fingerprint density at radius 3 is 2.10 bits per heavy atom. The number of fused-ring (bicyclic) bond motifs is 2. The first-order valence-electron chi connectivity index (χ1n) is 21.6. The Morgan fingerprint density at radius 2 is 1.48 bits per heavy atom. The number of nitrogens with zero attached hydrogens (tertiary/aromatic N) is 4. The minimum Gasteiger partial charge on any atom is -0.497 e. The molecule has 67 heavy (non-hydrogen) atoms. The number of halogens is 6. The van der Waals surface area contributed by atoms with Gasteiger partial charge >= 0.3 is 12.2 Å². The molecule has 3 aromatic rings. The molecule has 2 heterocycles. The third-order valence-electron chi connectivity index (χ3n) is 11.9. The summed E-state index contributed by atoms with van der Waals surface area (Å²) in [6.07, 6.45) is 0.889. The van der Waals surface area contributed by atoms with Crippen LogP contribution in [0.2, 0.25) is 0 Å². The van der Waals surface area contributed by atoms with Gasteiger partial charge in [-0.25, -0.2) is 23.2 Å². The number of carbonyl (C=O) groups excluding carboxylic acids is 3. The minimum absolute atomic E-state index is 0.00585. The van der Waals surface area contributed by atoms with Crippen LogP contribution < -0.4 is 14.2 Å². The van der Waals surface area contributed by atoms with Gasteiger partial charge < -0.3 is 38.2 Å². The lowest BCUT2D eigenvalue weighted by Gasteiger charge is -2.55. The summed E-state index contributed by atoms with van der Waals surface area (Å²) in [6.45, 7) is 2.41. The highest BCUT2D eigenvalue weighted by molar-refractivity contribution is 6.68. The highest BCUT2D eigenvalue weighted by Gasteiger charge is 2.56. The van der Waals surface area contributed by atoms with E-state index in [1.54, 1.807) is 11.0 Å². The van der Waals surface area contributed by atoms with Gasteiger partial charge in [-0.15, -0.1) is 0 Å². The molecule has 1 saturated carbocycles. The highest BCUT2D eigenvalue weighted by Crippen LogP contribution is 2.47. The molecule has 2 N–H and O–H groups in total. The number of carbonyl (C=O) groups is 3. The van der Waals surface area contributed by atoms with E-state index in [0.717, 1.165) is 35.6 Å². The van der Waals surface area contributed by atoms with E-state index >= 15 is 4.79 Å². The van der Waals surface area contributed by atoms with E-state index in [-0.39, 0.29) is 71.0 Å². The summed E-state index contributed by atoms with van der Waals surface area (Å²) in [6, 6.07) is 12.6. The number of methoxy groups -OCH3 is 2. The largest absolute Gasteiger partial charge is 0.497 e. The average Bonchev–Trinajstić information content (AvgIpc) is 4.13. The maximum atomic E-state index is 15.6.